The second-order valence-corrected chi connectivity index (χ2v) is 9.30. The first-order valence-corrected chi connectivity index (χ1v) is 11.3. The van der Waals surface area contributed by atoms with Crippen LogP contribution in [0.4, 0.5) is 0 Å². The number of carbonyl (C=O) groups excluding carboxylic acids is 2. The molecule has 160 valence electrons. The minimum absolute atomic E-state index is 0.146. The minimum Gasteiger partial charge on any atom is -0.449 e. The molecular weight excluding hydrogens is 404 g/mol. The zero-order valence-electron chi connectivity index (χ0n) is 17.2. The summed E-state index contributed by atoms with van der Waals surface area (Å²) in [5.74, 6) is -0.991. The van der Waals surface area contributed by atoms with Crippen LogP contribution in [0, 0.1) is 0 Å². The molecule has 7 nitrogen and oxygen atoms in total. The Kier molecular flexibility index (Phi) is 6.89. The first-order chi connectivity index (χ1) is 14.3. The third-order valence-corrected chi connectivity index (χ3v) is 6.98. The molecule has 30 heavy (non-hydrogen) atoms. The quantitative estimate of drug-likeness (QED) is 0.631. The van der Waals surface area contributed by atoms with Gasteiger partial charge in [-0.15, -0.1) is 0 Å². The molecule has 0 bridgehead atoms. The van der Waals surface area contributed by atoms with Crippen LogP contribution in [-0.4, -0.2) is 55.7 Å². The van der Waals surface area contributed by atoms with E-state index in [0.717, 1.165) is 18.4 Å². The summed E-state index contributed by atoms with van der Waals surface area (Å²) >= 11 is 0. The van der Waals surface area contributed by atoms with Gasteiger partial charge in [-0.05, 0) is 49.6 Å². The Morgan fingerprint density at radius 3 is 2.23 bits per heavy atom. The van der Waals surface area contributed by atoms with Crippen molar-refractivity contribution in [2.75, 3.05) is 20.1 Å². The van der Waals surface area contributed by atoms with E-state index in [-0.39, 0.29) is 16.4 Å². The number of esters is 1. The molecule has 1 saturated heterocycles. The van der Waals surface area contributed by atoms with Crippen LogP contribution in [0.1, 0.15) is 35.7 Å². The van der Waals surface area contributed by atoms with Gasteiger partial charge in [0.2, 0.25) is 10.0 Å². The maximum atomic E-state index is 12.6. The fraction of sp³-hybridized carbons (Fsp3) is 0.364. The van der Waals surface area contributed by atoms with Crippen LogP contribution in [0.3, 0.4) is 0 Å². The van der Waals surface area contributed by atoms with Gasteiger partial charge in [-0.2, -0.15) is 4.31 Å². The molecule has 8 heteroatoms. The van der Waals surface area contributed by atoms with Crippen LogP contribution in [0.15, 0.2) is 59.5 Å². The maximum absolute atomic E-state index is 12.6. The van der Waals surface area contributed by atoms with E-state index < -0.39 is 22.1 Å². The van der Waals surface area contributed by atoms with Gasteiger partial charge in [0.05, 0.1) is 10.5 Å². The van der Waals surface area contributed by atoms with Crippen molar-refractivity contribution in [3.05, 3.63) is 65.7 Å². The summed E-state index contributed by atoms with van der Waals surface area (Å²) in [6.07, 6.45) is 0.752. The van der Waals surface area contributed by atoms with Crippen LogP contribution in [-0.2, 0) is 26.1 Å². The third-order valence-electron chi connectivity index (χ3n) is 5.06. The van der Waals surface area contributed by atoms with Gasteiger partial charge in [-0.25, -0.2) is 13.2 Å². The largest absolute Gasteiger partial charge is 0.449 e. The molecule has 2 aromatic carbocycles. The Balaban J connectivity index is 1.60. The number of carbonyl (C=O) groups is 2. The van der Waals surface area contributed by atoms with E-state index in [1.807, 2.05) is 30.3 Å². The second-order valence-electron chi connectivity index (χ2n) is 7.36. The second kappa shape index (κ2) is 9.40. The zero-order chi connectivity index (χ0) is 21.7. The predicted octanol–water partition coefficient (Wildman–Crippen LogP) is 2.68. The average Bonchev–Trinajstić information content (AvgIpc) is 3.29. The molecule has 1 aliphatic rings. The highest BCUT2D eigenvalue weighted by Crippen LogP contribution is 2.21. The van der Waals surface area contributed by atoms with Gasteiger partial charge in [0, 0.05) is 26.7 Å². The van der Waals surface area contributed by atoms with Gasteiger partial charge in [0.15, 0.2) is 6.10 Å². The number of hydrogen-bond acceptors (Lipinski definition) is 5. The van der Waals surface area contributed by atoms with Crippen molar-refractivity contribution in [1.29, 1.82) is 0 Å². The lowest BCUT2D eigenvalue weighted by atomic mass is 10.2. The Bertz CT molecular complexity index is 984. The van der Waals surface area contributed by atoms with E-state index in [1.165, 1.54) is 40.4 Å². The molecule has 1 atom stereocenters. The standard InChI is InChI=1S/C22H26N2O5S/c1-17(21(25)23(2)16-18-8-4-3-5-9-18)29-22(26)19-10-12-20(13-11-19)30(27,28)24-14-6-7-15-24/h3-5,8-13,17H,6-7,14-16H2,1-2H3. The summed E-state index contributed by atoms with van der Waals surface area (Å²) in [7, 11) is -1.89. The topological polar surface area (TPSA) is 84.0 Å². The molecular formula is C22H26N2O5S. The number of ether oxygens (including phenoxy) is 1. The van der Waals surface area contributed by atoms with Crippen molar-refractivity contribution < 1.29 is 22.7 Å². The van der Waals surface area contributed by atoms with Gasteiger partial charge < -0.3 is 9.64 Å². The lowest BCUT2D eigenvalue weighted by Crippen LogP contribution is -2.37. The van der Waals surface area contributed by atoms with Crippen molar-refractivity contribution in [2.45, 2.75) is 37.3 Å². The number of likely N-dealkylation sites (N-methyl/N-ethyl adjacent to an activating group) is 1. The van der Waals surface area contributed by atoms with Crippen LogP contribution < -0.4 is 0 Å². The van der Waals surface area contributed by atoms with Crippen molar-refractivity contribution in [1.82, 2.24) is 9.21 Å². The summed E-state index contributed by atoms with van der Waals surface area (Å²) in [6.45, 7) is 2.96. The van der Waals surface area contributed by atoms with E-state index >= 15 is 0 Å². The highest BCUT2D eigenvalue weighted by atomic mass is 32.2. The minimum atomic E-state index is -3.54. The highest BCUT2D eigenvalue weighted by molar-refractivity contribution is 7.89. The molecule has 1 amide bonds. The van der Waals surface area contributed by atoms with E-state index in [1.54, 1.807) is 7.05 Å². The summed E-state index contributed by atoms with van der Waals surface area (Å²) in [5.41, 5.74) is 1.17. The number of hydrogen-bond donors (Lipinski definition) is 0. The highest BCUT2D eigenvalue weighted by Gasteiger charge is 2.27. The smallest absolute Gasteiger partial charge is 0.338 e. The molecule has 0 N–H and O–H groups in total. The van der Waals surface area contributed by atoms with Crippen molar-refractivity contribution in [2.24, 2.45) is 0 Å². The van der Waals surface area contributed by atoms with E-state index in [4.69, 9.17) is 4.74 Å². The number of amides is 1. The van der Waals surface area contributed by atoms with E-state index in [2.05, 4.69) is 0 Å². The van der Waals surface area contributed by atoms with Crippen LogP contribution in [0.5, 0.6) is 0 Å². The number of sulfonamides is 1. The lowest BCUT2D eigenvalue weighted by molar-refractivity contribution is -0.139. The van der Waals surface area contributed by atoms with E-state index in [9.17, 15) is 18.0 Å². The van der Waals surface area contributed by atoms with Gasteiger partial charge in [-0.3, -0.25) is 4.79 Å². The van der Waals surface area contributed by atoms with E-state index in [0.29, 0.717) is 19.6 Å². The molecule has 0 saturated carbocycles. The summed E-state index contributed by atoms with van der Waals surface area (Å²) in [6, 6.07) is 15.1. The molecule has 0 spiro atoms. The fourth-order valence-corrected chi connectivity index (χ4v) is 4.88. The summed E-state index contributed by atoms with van der Waals surface area (Å²) in [4.78, 5) is 26.6. The van der Waals surface area contributed by atoms with Crippen LogP contribution >= 0.6 is 0 Å². The van der Waals surface area contributed by atoms with Gasteiger partial charge in [-0.1, -0.05) is 30.3 Å². The molecule has 1 heterocycles. The fourth-order valence-electron chi connectivity index (χ4n) is 3.37. The number of rotatable bonds is 7. The van der Waals surface area contributed by atoms with Crippen molar-refractivity contribution >= 4 is 21.9 Å². The van der Waals surface area contributed by atoms with Crippen LogP contribution in [0.25, 0.3) is 0 Å². The molecule has 1 unspecified atom stereocenters. The Morgan fingerprint density at radius 2 is 1.63 bits per heavy atom. The zero-order valence-corrected chi connectivity index (χ0v) is 18.0. The summed E-state index contributed by atoms with van der Waals surface area (Å²) in [5, 5.41) is 0. The number of benzene rings is 2. The van der Waals surface area contributed by atoms with Crippen LogP contribution in [0.2, 0.25) is 0 Å². The normalized spacial score (nSPS) is 15.5. The molecule has 1 fully saturated rings. The number of nitrogens with zero attached hydrogens (tertiary/aromatic N) is 2. The molecule has 0 radical (unpaired) electrons. The monoisotopic (exact) mass is 430 g/mol. The first-order valence-electron chi connectivity index (χ1n) is 9.89. The lowest BCUT2D eigenvalue weighted by Gasteiger charge is -2.21. The first kappa shape index (κ1) is 22.0. The average molecular weight is 431 g/mol. The third kappa shape index (κ3) is 5.06. The molecule has 0 aliphatic carbocycles. The Labute approximate surface area is 177 Å². The SMILES string of the molecule is CC(OC(=O)c1ccc(S(=O)(=O)N2CCCC2)cc1)C(=O)N(C)Cc1ccccc1. The van der Waals surface area contributed by atoms with Gasteiger partial charge in [0.25, 0.3) is 5.91 Å². The summed E-state index contributed by atoms with van der Waals surface area (Å²) < 4.78 is 31.9. The van der Waals surface area contributed by atoms with Crippen molar-refractivity contribution in [3.63, 3.8) is 0 Å². The Hall–Kier alpha value is -2.71. The molecule has 2 aromatic rings. The van der Waals surface area contributed by atoms with Gasteiger partial charge in [0.1, 0.15) is 0 Å². The molecule has 3 rings (SSSR count). The maximum Gasteiger partial charge on any atom is 0.338 e. The van der Waals surface area contributed by atoms with Crippen molar-refractivity contribution in [3.8, 4) is 0 Å². The van der Waals surface area contributed by atoms with Gasteiger partial charge >= 0.3 is 5.97 Å². The molecule has 0 aromatic heterocycles. The Morgan fingerprint density at radius 1 is 1.03 bits per heavy atom. The predicted molar refractivity (Wildman–Crippen MR) is 112 cm³/mol. The molecule has 1 aliphatic heterocycles.